The zero-order valence-electron chi connectivity index (χ0n) is 11.5. The number of rotatable bonds is 5. The number of pyridine rings is 1. The van der Waals surface area contributed by atoms with Crippen molar-refractivity contribution in [2.75, 3.05) is 12.3 Å². The van der Waals surface area contributed by atoms with Crippen LogP contribution in [0.15, 0.2) is 18.5 Å². The molecule has 0 saturated carbocycles. The topological polar surface area (TPSA) is 50.9 Å². The third-order valence-corrected chi connectivity index (χ3v) is 3.05. The van der Waals surface area contributed by atoms with Crippen LogP contribution in [0.3, 0.4) is 0 Å². The fraction of sp³-hybridized carbons (Fsp3) is 0.643. The summed E-state index contributed by atoms with van der Waals surface area (Å²) >= 11 is 0. The largest absolute Gasteiger partial charge is 0.398 e. The van der Waals surface area contributed by atoms with Gasteiger partial charge in [0.2, 0.25) is 0 Å². The maximum absolute atomic E-state index is 5.97. The molecule has 0 saturated heterocycles. The highest BCUT2D eigenvalue weighted by molar-refractivity contribution is 5.44. The van der Waals surface area contributed by atoms with Gasteiger partial charge in [0.15, 0.2) is 0 Å². The summed E-state index contributed by atoms with van der Waals surface area (Å²) in [6, 6.07) is 2.29. The van der Waals surface area contributed by atoms with Gasteiger partial charge in [-0.05, 0) is 36.4 Å². The minimum absolute atomic E-state index is 0.220. The van der Waals surface area contributed by atoms with Crippen molar-refractivity contribution in [1.82, 2.24) is 10.3 Å². The number of hydrogen-bond acceptors (Lipinski definition) is 3. The monoisotopic (exact) mass is 235 g/mol. The molecule has 3 heteroatoms. The number of anilines is 1. The highest BCUT2D eigenvalue weighted by Crippen LogP contribution is 2.24. The van der Waals surface area contributed by atoms with Crippen molar-refractivity contribution >= 4 is 5.69 Å². The summed E-state index contributed by atoms with van der Waals surface area (Å²) in [5.74, 6) is 0. The van der Waals surface area contributed by atoms with Crippen LogP contribution in [-0.4, -0.2) is 17.6 Å². The van der Waals surface area contributed by atoms with Gasteiger partial charge in [0.25, 0.3) is 0 Å². The first-order chi connectivity index (χ1) is 7.95. The Kier molecular flexibility index (Phi) is 4.94. The van der Waals surface area contributed by atoms with Gasteiger partial charge in [-0.15, -0.1) is 0 Å². The molecule has 0 aliphatic heterocycles. The summed E-state index contributed by atoms with van der Waals surface area (Å²) in [5.41, 5.74) is 8.17. The van der Waals surface area contributed by atoms with E-state index in [0.717, 1.165) is 30.6 Å². The second kappa shape index (κ2) is 6.01. The van der Waals surface area contributed by atoms with Crippen LogP contribution >= 0.6 is 0 Å². The zero-order valence-corrected chi connectivity index (χ0v) is 11.5. The molecular formula is C14H25N3. The maximum atomic E-state index is 5.97. The molecule has 0 amide bonds. The Morgan fingerprint density at radius 3 is 2.65 bits per heavy atom. The fourth-order valence-electron chi connectivity index (χ4n) is 1.83. The predicted molar refractivity (Wildman–Crippen MR) is 73.9 cm³/mol. The van der Waals surface area contributed by atoms with E-state index in [1.807, 2.05) is 12.3 Å². The summed E-state index contributed by atoms with van der Waals surface area (Å²) in [7, 11) is 0. The highest BCUT2D eigenvalue weighted by atomic mass is 14.9. The number of nitrogens with zero attached hydrogens (tertiary/aromatic N) is 1. The molecule has 0 spiro atoms. The molecule has 1 atom stereocenters. The van der Waals surface area contributed by atoms with Crippen molar-refractivity contribution in [3.63, 3.8) is 0 Å². The molecule has 1 heterocycles. The third kappa shape index (κ3) is 4.35. The molecule has 1 unspecified atom stereocenters. The van der Waals surface area contributed by atoms with E-state index >= 15 is 0 Å². The molecule has 17 heavy (non-hydrogen) atoms. The standard InChI is InChI=1S/C14H25N3/c1-5-7-17-13(14(2,3)4)9-11-10-16-8-6-12(11)15/h6,8,10,13,17H,5,7,9H2,1-4H3,(H2,15,16). The van der Waals surface area contributed by atoms with Crippen LogP contribution < -0.4 is 11.1 Å². The Hall–Kier alpha value is -1.09. The summed E-state index contributed by atoms with van der Waals surface area (Å²) in [4.78, 5) is 4.15. The van der Waals surface area contributed by atoms with Gasteiger partial charge in [-0.2, -0.15) is 0 Å². The molecule has 1 aromatic heterocycles. The van der Waals surface area contributed by atoms with Gasteiger partial charge in [0, 0.05) is 24.1 Å². The van der Waals surface area contributed by atoms with E-state index in [1.54, 1.807) is 6.20 Å². The quantitative estimate of drug-likeness (QED) is 0.825. The van der Waals surface area contributed by atoms with Gasteiger partial charge >= 0.3 is 0 Å². The molecule has 0 aromatic carbocycles. The molecular weight excluding hydrogens is 210 g/mol. The van der Waals surface area contributed by atoms with Crippen molar-refractivity contribution in [2.24, 2.45) is 5.41 Å². The van der Waals surface area contributed by atoms with E-state index in [-0.39, 0.29) is 5.41 Å². The molecule has 0 aliphatic carbocycles. The lowest BCUT2D eigenvalue weighted by atomic mass is 9.83. The molecule has 0 aliphatic rings. The second-order valence-corrected chi connectivity index (χ2v) is 5.65. The molecule has 96 valence electrons. The van der Waals surface area contributed by atoms with Crippen LogP contribution in [0.1, 0.15) is 39.7 Å². The van der Waals surface area contributed by atoms with Crippen molar-refractivity contribution in [3.8, 4) is 0 Å². The van der Waals surface area contributed by atoms with Crippen LogP contribution in [0, 0.1) is 5.41 Å². The number of nitrogen functional groups attached to an aromatic ring is 1. The SMILES string of the molecule is CCCNC(Cc1cnccc1N)C(C)(C)C. The Labute approximate surface area is 105 Å². The van der Waals surface area contributed by atoms with Crippen molar-refractivity contribution < 1.29 is 0 Å². The number of aromatic nitrogens is 1. The Morgan fingerprint density at radius 1 is 1.41 bits per heavy atom. The van der Waals surface area contributed by atoms with Crippen LogP contribution in [0.4, 0.5) is 5.69 Å². The van der Waals surface area contributed by atoms with E-state index in [4.69, 9.17) is 5.73 Å². The Bertz CT molecular complexity index is 342. The second-order valence-electron chi connectivity index (χ2n) is 5.65. The summed E-state index contributed by atoms with van der Waals surface area (Å²) in [6.07, 6.45) is 5.70. The molecule has 1 aromatic rings. The first kappa shape index (κ1) is 14.0. The Balaban J connectivity index is 2.76. The number of nitrogens with two attached hydrogens (primary N) is 1. The average Bonchev–Trinajstić information content (AvgIpc) is 2.25. The van der Waals surface area contributed by atoms with Crippen molar-refractivity contribution in [2.45, 2.75) is 46.6 Å². The van der Waals surface area contributed by atoms with Gasteiger partial charge in [0.1, 0.15) is 0 Å². The summed E-state index contributed by atoms with van der Waals surface area (Å²) in [6.45, 7) is 10.00. The molecule has 0 fully saturated rings. The van der Waals surface area contributed by atoms with Gasteiger partial charge in [-0.25, -0.2) is 0 Å². The zero-order chi connectivity index (χ0) is 12.9. The van der Waals surface area contributed by atoms with Crippen molar-refractivity contribution in [3.05, 3.63) is 24.0 Å². The minimum Gasteiger partial charge on any atom is -0.398 e. The average molecular weight is 235 g/mol. The smallest absolute Gasteiger partial charge is 0.0378 e. The van der Waals surface area contributed by atoms with Crippen LogP contribution in [-0.2, 0) is 6.42 Å². The van der Waals surface area contributed by atoms with E-state index in [2.05, 4.69) is 38.0 Å². The lowest BCUT2D eigenvalue weighted by Gasteiger charge is -2.32. The summed E-state index contributed by atoms with van der Waals surface area (Å²) < 4.78 is 0. The van der Waals surface area contributed by atoms with Crippen LogP contribution in [0.2, 0.25) is 0 Å². The lowest BCUT2D eigenvalue weighted by molar-refractivity contribution is 0.267. The lowest BCUT2D eigenvalue weighted by Crippen LogP contribution is -2.42. The highest BCUT2D eigenvalue weighted by Gasteiger charge is 2.24. The fourth-order valence-corrected chi connectivity index (χ4v) is 1.83. The van der Waals surface area contributed by atoms with E-state index in [9.17, 15) is 0 Å². The normalized spacial score (nSPS) is 13.6. The first-order valence-electron chi connectivity index (χ1n) is 6.37. The summed E-state index contributed by atoms with van der Waals surface area (Å²) in [5, 5.41) is 3.60. The molecule has 1 rings (SSSR count). The predicted octanol–water partition coefficient (Wildman–Crippen LogP) is 2.62. The van der Waals surface area contributed by atoms with Crippen molar-refractivity contribution in [1.29, 1.82) is 0 Å². The van der Waals surface area contributed by atoms with Crippen LogP contribution in [0.25, 0.3) is 0 Å². The maximum Gasteiger partial charge on any atom is 0.0378 e. The van der Waals surface area contributed by atoms with Gasteiger partial charge in [-0.1, -0.05) is 27.7 Å². The van der Waals surface area contributed by atoms with E-state index in [1.165, 1.54) is 0 Å². The number of nitrogens with one attached hydrogen (secondary N) is 1. The van der Waals surface area contributed by atoms with Gasteiger partial charge in [-0.3, -0.25) is 4.98 Å². The minimum atomic E-state index is 0.220. The molecule has 3 nitrogen and oxygen atoms in total. The van der Waals surface area contributed by atoms with E-state index in [0.29, 0.717) is 6.04 Å². The number of hydrogen-bond donors (Lipinski definition) is 2. The first-order valence-corrected chi connectivity index (χ1v) is 6.37. The third-order valence-electron chi connectivity index (χ3n) is 3.05. The molecule has 0 bridgehead atoms. The molecule has 3 N–H and O–H groups in total. The Morgan fingerprint density at radius 2 is 2.12 bits per heavy atom. The van der Waals surface area contributed by atoms with E-state index < -0.39 is 0 Å². The van der Waals surface area contributed by atoms with Crippen LogP contribution in [0.5, 0.6) is 0 Å². The van der Waals surface area contributed by atoms with Gasteiger partial charge < -0.3 is 11.1 Å². The molecule has 0 radical (unpaired) electrons. The van der Waals surface area contributed by atoms with Gasteiger partial charge in [0.05, 0.1) is 0 Å².